The average molecular weight is 1010 g/mol. The Labute approximate surface area is 455 Å². The van der Waals surface area contributed by atoms with Crippen LogP contribution in [0.4, 0.5) is 45.5 Å². The van der Waals surface area contributed by atoms with E-state index in [4.69, 9.17) is 0 Å². The molecule has 0 N–H and O–H groups in total. The Morgan fingerprint density at radius 3 is 1.71 bits per heavy atom. The third-order valence-corrected chi connectivity index (χ3v) is 21.1. The zero-order valence-corrected chi connectivity index (χ0v) is 48.3. The van der Waals surface area contributed by atoms with Crippen LogP contribution in [0.5, 0.6) is 0 Å². The first-order chi connectivity index (χ1) is 35.5. The van der Waals surface area contributed by atoms with Crippen LogP contribution < -0.4 is 25.6 Å². The number of fused-ring (bicyclic) bond motifs is 8. The van der Waals surface area contributed by atoms with Gasteiger partial charge in [0, 0.05) is 56.1 Å². The Hall–Kier alpha value is -5.65. The maximum atomic E-state index is 2.92. The number of nitrogens with zero attached hydrogens (tertiary/aromatic N) is 3. The molecule has 7 aromatic rings. The van der Waals surface area contributed by atoms with Gasteiger partial charge in [-0.15, -0.1) is 0 Å². The molecule has 3 nitrogen and oxygen atoms in total. The lowest BCUT2D eigenvalue weighted by atomic mass is 9.32. The Morgan fingerprint density at radius 1 is 0.533 bits per heavy atom. The van der Waals surface area contributed by atoms with Gasteiger partial charge in [-0.3, -0.25) is 0 Å². The predicted molar refractivity (Wildman–Crippen MR) is 327 cm³/mol. The molecule has 0 aromatic heterocycles. The standard InChI is InChI=1S/C70H80BN3S/c1-65(2,3)46-30-33-50(34-31-46)73-56-43-51(72(48-26-20-16-21-27-48)49-28-22-17-23-29-49)44-57-60(56)71(64-62(73)59-63(75-64)70(13,14)41-40-69(59,11)12)54-36-35-53-58(68(9,10)39-38-67(53,7)8)61(54)74(57)55-37-32-47(66(4,5)6)42-52(55)45-24-18-15-19-25-45/h15-37,42-44,59,62-64H,38-41H2,1-14H3. The predicted octanol–water partition coefficient (Wildman–Crippen LogP) is 18.2. The number of para-hydroxylation sites is 2. The van der Waals surface area contributed by atoms with Crippen LogP contribution in [0, 0.1) is 16.7 Å². The number of rotatable bonds is 6. The van der Waals surface area contributed by atoms with E-state index in [0.717, 1.165) is 24.2 Å². The van der Waals surface area contributed by atoms with Crippen molar-refractivity contribution < 1.29 is 0 Å². The molecule has 2 fully saturated rings. The van der Waals surface area contributed by atoms with Crippen LogP contribution in [-0.2, 0) is 21.7 Å². The second kappa shape index (κ2) is 17.4. The Bertz CT molecular complexity index is 3270. The second-order valence-corrected chi connectivity index (χ2v) is 29.3. The zero-order chi connectivity index (χ0) is 52.8. The fourth-order valence-corrected chi connectivity index (χ4v) is 17.0. The van der Waals surface area contributed by atoms with Crippen molar-refractivity contribution in [2.45, 2.75) is 161 Å². The summed E-state index contributed by atoms with van der Waals surface area (Å²) in [4.78, 5) is 8.27. The highest BCUT2D eigenvalue weighted by Gasteiger charge is 2.65. The molecule has 4 unspecified atom stereocenters. The number of anilines is 8. The Balaban J connectivity index is 1.27. The molecule has 384 valence electrons. The number of hydrogen-bond acceptors (Lipinski definition) is 4. The molecular formula is C70H80BN3S. The highest BCUT2D eigenvalue weighted by molar-refractivity contribution is 8.02. The second-order valence-electron chi connectivity index (χ2n) is 27.9. The van der Waals surface area contributed by atoms with E-state index in [2.05, 4.69) is 281 Å². The lowest BCUT2D eigenvalue weighted by Crippen LogP contribution is -2.67. The molecule has 3 aliphatic heterocycles. The van der Waals surface area contributed by atoms with Crippen molar-refractivity contribution in [2.75, 3.05) is 14.7 Å². The van der Waals surface area contributed by atoms with Crippen LogP contribution >= 0.6 is 11.8 Å². The smallest absolute Gasteiger partial charge is 0.232 e. The van der Waals surface area contributed by atoms with Crippen LogP contribution in [-0.4, -0.2) is 23.2 Å². The van der Waals surface area contributed by atoms with Crippen LogP contribution in [0.1, 0.15) is 145 Å². The lowest BCUT2D eigenvalue weighted by Gasteiger charge is -2.55. The first kappa shape index (κ1) is 50.2. The molecule has 12 rings (SSSR count). The van der Waals surface area contributed by atoms with E-state index < -0.39 is 0 Å². The molecule has 75 heavy (non-hydrogen) atoms. The van der Waals surface area contributed by atoms with Crippen molar-refractivity contribution in [2.24, 2.45) is 16.7 Å². The molecular weight excluding hydrogens is 926 g/mol. The molecule has 3 heterocycles. The largest absolute Gasteiger partial charge is 0.338 e. The fraction of sp³-hybridized carbons (Fsp3) is 0.400. The van der Waals surface area contributed by atoms with Gasteiger partial charge < -0.3 is 14.7 Å². The third kappa shape index (κ3) is 8.13. The van der Waals surface area contributed by atoms with Crippen molar-refractivity contribution >= 4 is 74.9 Å². The molecule has 0 bridgehead atoms. The van der Waals surface area contributed by atoms with Crippen LogP contribution in [0.15, 0.2) is 158 Å². The van der Waals surface area contributed by atoms with E-state index in [1.54, 1.807) is 0 Å². The molecule has 5 aliphatic rings. The minimum atomic E-state index is -0.0690. The summed E-state index contributed by atoms with van der Waals surface area (Å²) in [6.07, 6.45) is 4.78. The minimum absolute atomic E-state index is 0.0187. The summed E-state index contributed by atoms with van der Waals surface area (Å²) in [5.41, 5.74) is 21.6. The minimum Gasteiger partial charge on any atom is -0.338 e. The molecule has 5 heteroatoms. The monoisotopic (exact) mass is 1010 g/mol. The summed E-state index contributed by atoms with van der Waals surface area (Å²) >= 11 is 2.37. The van der Waals surface area contributed by atoms with Gasteiger partial charge in [-0.25, -0.2) is 0 Å². The van der Waals surface area contributed by atoms with E-state index in [-0.39, 0.29) is 45.2 Å². The number of benzene rings is 7. The van der Waals surface area contributed by atoms with Gasteiger partial charge in [0.2, 0.25) is 6.71 Å². The Kier molecular flexibility index (Phi) is 11.7. The van der Waals surface area contributed by atoms with Crippen LogP contribution in [0.2, 0.25) is 0 Å². The molecule has 0 radical (unpaired) electrons. The van der Waals surface area contributed by atoms with E-state index >= 15 is 0 Å². The third-order valence-electron chi connectivity index (χ3n) is 19.0. The van der Waals surface area contributed by atoms with Gasteiger partial charge in [0.1, 0.15) is 0 Å². The van der Waals surface area contributed by atoms with E-state index in [1.165, 1.54) is 91.3 Å². The van der Waals surface area contributed by atoms with Crippen molar-refractivity contribution in [3.63, 3.8) is 0 Å². The van der Waals surface area contributed by atoms with E-state index in [9.17, 15) is 0 Å². The van der Waals surface area contributed by atoms with Gasteiger partial charge in [-0.05, 0) is 163 Å². The van der Waals surface area contributed by atoms with Gasteiger partial charge in [0.25, 0.3) is 0 Å². The summed E-state index contributed by atoms with van der Waals surface area (Å²) in [5.74, 6) is 0.460. The maximum Gasteiger partial charge on any atom is 0.232 e. The van der Waals surface area contributed by atoms with Crippen LogP contribution in [0.25, 0.3) is 11.1 Å². The molecule has 0 amide bonds. The van der Waals surface area contributed by atoms with Crippen molar-refractivity contribution in [1.29, 1.82) is 0 Å². The molecule has 7 aromatic carbocycles. The molecule has 4 atom stereocenters. The van der Waals surface area contributed by atoms with Gasteiger partial charge in [0.05, 0.1) is 11.4 Å². The first-order valence-electron chi connectivity index (χ1n) is 28.3. The molecule has 1 saturated heterocycles. The van der Waals surface area contributed by atoms with Gasteiger partial charge >= 0.3 is 0 Å². The van der Waals surface area contributed by atoms with Crippen LogP contribution in [0.3, 0.4) is 0 Å². The number of hydrogen-bond donors (Lipinski definition) is 0. The summed E-state index contributed by atoms with van der Waals surface area (Å²) in [5, 5.41) is 0.810. The fourth-order valence-electron chi connectivity index (χ4n) is 14.6. The summed E-state index contributed by atoms with van der Waals surface area (Å²) in [6, 6.07) is 61.5. The summed E-state index contributed by atoms with van der Waals surface area (Å²) < 4.78 is 0. The van der Waals surface area contributed by atoms with Crippen molar-refractivity contribution in [3.05, 3.63) is 180 Å². The van der Waals surface area contributed by atoms with Gasteiger partial charge in [-0.1, -0.05) is 194 Å². The van der Waals surface area contributed by atoms with E-state index in [1.807, 2.05) is 0 Å². The zero-order valence-electron chi connectivity index (χ0n) is 47.5. The van der Waals surface area contributed by atoms with E-state index in [0.29, 0.717) is 16.3 Å². The highest BCUT2D eigenvalue weighted by atomic mass is 32.2. The summed E-state index contributed by atoms with van der Waals surface area (Å²) in [7, 11) is 0. The maximum absolute atomic E-state index is 2.92. The molecule has 0 spiro atoms. The normalized spacial score (nSPS) is 22.6. The van der Waals surface area contributed by atoms with Crippen molar-refractivity contribution in [3.8, 4) is 11.1 Å². The highest BCUT2D eigenvalue weighted by Crippen LogP contribution is 2.65. The molecule has 1 saturated carbocycles. The quantitative estimate of drug-likeness (QED) is 0.154. The molecule has 2 aliphatic carbocycles. The average Bonchev–Trinajstić information content (AvgIpc) is 3.82. The number of thioether (sulfide) groups is 1. The van der Waals surface area contributed by atoms with Gasteiger partial charge in [-0.2, -0.15) is 11.8 Å². The van der Waals surface area contributed by atoms with Gasteiger partial charge in [0.15, 0.2) is 0 Å². The summed E-state index contributed by atoms with van der Waals surface area (Å²) in [6.45, 7) is 34.9. The topological polar surface area (TPSA) is 9.72 Å². The van der Waals surface area contributed by atoms with Crippen molar-refractivity contribution in [1.82, 2.24) is 0 Å². The lowest BCUT2D eigenvalue weighted by molar-refractivity contribution is 0.0580. The first-order valence-corrected chi connectivity index (χ1v) is 29.2. The SMILES string of the molecule is CC(C)(C)c1ccc(N2c3cc(N(c4ccccc4)c4ccccc4)cc4c3B(c3ccc5c(c3N4c3ccc(C(C)(C)C)cc3-c3ccccc3)C(C)(C)CCC5(C)C)C3SC4C(C32)C(C)(C)CCC4(C)C)cc1. The Morgan fingerprint density at radius 2 is 1.09 bits per heavy atom.